The molecule has 1 unspecified atom stereocenters. The van der Waals surface area contributed by atoms with Crippen molar-refractivity contribution >= 4 is 46.0 Å². The van der Waals surface area contributed by atoms with Crippen LogP contribution in [0, 0.1) is 5.92 Å². The number of hydrogen-bond donors (Lipinski definition) is 1. The molecule has 3 rings (SSSR count). The number of amidine groups is 2. The Morgan fingerprint density at radius 1 is 1.47 bits per heavy atom. The largest absolute Gasteiger partial charge is 0.363 e. The van der Waals surface area contributed by atoms with Crippen molar-refractivity contribution in [2.75, 3.05) is 18.8 Å². The summed E-state index contributed by atoms with van der Waals surface area (Å²) in [4.78, 5) is 24.6. The van der Waals surface area contributed by atoms with Gasteiger partial charge in [-0.25, -0.2) is 4.99 Å². The molecule has 0 aromatic rings. The first-order valence-corrected chi connectivity index (χ1v) is 7.25. The molecule has 0 saturated heterocycles. The number of carbonyl (C=O) groups excluding carboxylic acids is 1. The molecule has 3 aliphatic rings. The van der Waals surface area contributed by atoms with E-state index in [2.05, 4.69) is 20.3 Å². The minimum Gasteiger partial charge on any atom is -0.363 e. The predicted octanol–water partition coefficient (Wildman–Crippen LogP) is 1.37. The third kappa shape index (κ3) is 2.79. The lowest BCUT2D eigenvalue weighted by Crippen LogP contribution is -2.28. The van der Waals surface area contributed by atoms with E-state index in [9.17, 15) is 4.79 Å². The number of aliphatic imine (C=N–C) groups is 3. The summed E-state index contributed by atoms with van der Waals surface area (Å²) in [5.41, 5.74) is 0.671. The van der Waals surface area contributed by atoms with Crippen molar-refractivity contribution < 1.29 is 4.79 Å². The summed E-state index contributed by atoms with van der Waals surface area (Å²) in [6.45, 7) is 1.67. The molecule has 1 atom stereocenters. The summed E-state index contributed by atoms with van der Waals surface area (Å²) < 4.78 is 0. The van der Waals surface area contributed by atoms with E-state index in [1.807, 2.05) is 0 Å². The van der Waals surface area contributed by atoms with Crippen molar-refractivity contribution in [3.8, 4) is 0 Å². The molecule has 2 heterocycles. The average Bonchev–Trinajstić information content (AvgIpc) is 2.89. The van der Waals surface area contributed by atoms with E-state index in [0.29, 0.717) is 22.3 Å². The molecule has 0 bridgehead atoms. The lowest BCUT2D eigenvalue weighted by atomic mass is 9.96. The molecule has 2 aliphatic heterocycles. The number of rotatable bonds is 2. The van der Waals surface area contributed by atoms with Crippen molar-refractivity contribution in [3.63, 3.8) is 0 Å². The maximum atomic E-state index is 11.9. The number of halogens is 1. The highest BCUT2D eigenvalue weighted by atomic mass is 35.5. The van der Waals surface area contributed by atoms with Crippen LogP contribution in [0.5, 0.6) is 0 Å². The molecule has 0 spiro atoms. The fourth-order valence-corrected chi connectivity index (χ4v) is 2.88. The topological polar surface area (TPSA) is 66.2 Å². The number of thioether (sulfide) groups is 1. The standard InChI is InChI=1S/C12H11ClN4OS/c13-7-1-2-8-9(5-7)16-10(17-11(8)18)6-19-12-14-3-4-15-12/h1-2,5,8H,3-4,6H2,(H,14,15). The van der Waals surface area contributed by atoms with Gasteiger partial charge in [-0.05, 0) is 12.2 Å². The Balaban J connectivity index is 1.73. The van der Waals surface area contributed by atoms with Crippen LogP contribution in [-0.2, 0) is 4.79 Å². The lowest BCUT2D eigenvalue weighted by Gasteiger charge is -2.18. The van der Waals surface area contributed by atoms with Gasteiger partial charge in [0.2, 0.25) is 0 Å². The number of fused-ring (bicyclic) bond motifs is 1. The summed E-state index contributed by atoms with van der Waals surface area (Å²) in [6, 6.07) is 0. The van der Waals surface area contributed by atoms with Gasteiger partial charge in [0.1, 0.15) is 11.8 Å². The van der Waals surface area contributed by atoms with Crippen molar-refractivity contribution in [1.29, 1.82) is 0 Å². The fourth-order valence-electron chi connectivity index (χ4n) is 1.92. The third-order valence-corrected chi connectivity index (χ3v) is 3.98. The first-order chi connectivity index (χ1) is 9.22. The first-order valence-electron chi connectivity index (χ1n) is 5.89. The molecule has 0 fully saturated rings. The van der Waals surface area contributed by atoms with Gasteiger partial charge < -0.3 is 5.32 Å². The molecule has 0 aromatic heterocycles. The highest BCUT2D eigenvalue weighted by molar-refractivity contribution is 8.14. The van der Waals surface area contributed by atoms with Crippen LogP contribution in [-0.4, -0.2) is 41.5 Å². The summed E-state index contributed by atoms with van der Waals surface area (Å²) in [6.07, 6.45) is 5.16. The Morgan fingerprint density at radius 3 is 3.16 bits per heavy atom. The molecule has 5 nitrogen and oxygen atoms in total. The Labute approximate surface area is 119 Å². The number of carbonyl (C=O) groups is 1. The molecule has 98 valence electrons. The zero-order chi connectivity index (χ0) is 13.2. The zero-order valence-electron chi connectivity index (χ0n) is 9.97. The molecule has 19 heavy (non-hydrogen) atoms. The Kier molecular flexibility index (Phi) is 3.52. The van der Waals surface area contributed by atoms with Gasteiger partial charge in [-0.1, -0.05) is 29.4 Å². The Hall–Kier alpha value is -1.40. The smallest absolute Gasteiger partial charge is 0.260 e. The molecule has 0 saturated carbocycles. The minimum atomic E-state index is -0.377. The third-order valence-electron chi connectivity index (χ3n) is 2.80. The summed E-state index contributed by atoms with van der Waals surface area (Å²) in [7, 11) is 0. The maximum absolute atomic E-state index is 11.9. The van der Waals surface area contributed by atoms with Gasteiger partial charge in [-0.15, -0.1) is 0 Å². The highest BCUT2D eigenvalue weighted by Gasteiger charge is 2.27. The van der Waals surface area contributed by atoms with Crippen LogP contribution in [0.15, 0.2) is 38.2 Å². The molecular weight excluding hydrogens is 284 g/mol. The van der Waals surface area contributed by atoms with Crippen molar-refractivity contribution in [1.82, 2.24) is 5.32 Å². The van der Waals surface area contributed by atoms with Crippen molar-refractivity contribution in [2.45, 2.75) is 0 Å². The van der Waals surface area contributed by atoms with Gasteiger partial charge in [-0.3, -0.25) is 9.79 Å². The summed E-state index contributed by atoms with van der Waals surface area (Å²) in [5, 5.41) is 4.62. The van der Waals surface area contributed by atoms with Gasteiger partial charge in [-0.2, -0.15) is 4.99 Å². The van der Waals surface area contributed by atoms with Gasteiger partial charge in [0, 0.05) is 11.6 Å². The van der Waals surface area contributed by atoms with E-state index in [1.165, 1.54) is 11.8 Å². The summed E-state index contributed by atoms with van der Waals surface area (Å²) in [5.74, 6) is 0.494. The summed E-state index contributed by atoms with van der Waals surface area (Å²) >= 11 is 7.43. The van der Waals surface area contributed by atoms with Crippen LogP contribution in [0.3, 0.4) is 0 Å². The SMILES string of the molecule is O=C1N=C(CSC2=NCCN2)N=C2C=C(Cl)C=CC12. The van der Waals surface area contributed by atoms with Crippen molar-refractivity contribution in [2.24, 2.45) is 20.9 Å². The van der Waals surface area contributed by atoms with E-state index < -0.39 is 0 Å². The van der Waals surface area contributed by atoms with E-state index in [0.717, 1.165) is 18.3 Å². The monoisotopic (exact) mass is 294 g/mol. The minimum absolute atomic E-state index is 0.182. The predicted molar refractivity (Wildman–Crippen MR) is 79.2 cm³/mol. The van der Waals surface area contributed by atoms with E-state index >= 15 is 0 Å². The molecule has 0 radical (unpaired) electrons. The van der Waals surface area contributed by atoms with Gasteiger partial charge >= 0.3 is 0 Å². The number of nitrogens with one attached hydrogen (secondary N) is 1. The van der Waals surface area contributed by atoms with Crippen LogP contribution in [0.2, 0.25) is 0 Å². The van der Waals surface area contributed by atoms with Crippen LogP contribution in [0.25, 0.3) is 0 Å². The number of allylic oxidation sites excluding steroid dienone is 3. The Morgan fingerprint density at radius 2 is 2.37 bits per heavy atom. The average molecular weight is 295 g/mol. The number of nitrogens with zero attached hydrogens (tertiary/aromatic N) is 3. The Bertz CT molecular complexity index is 576. The van der Waals surface area contributed by atoms with Crippen LogP contribution >= 0.6 is 23.4 Å². The quantitative estimate of drug-likeness (QED) is 0.836. The normalized spacial score (nSPS) is 25.1. The molecule has 1 N–H and O–H groups in total. The van der Waals surface area contributed by atoms with E-state index in [1.54, 1.807) is 18.2 Å². The van der Waals surface area contributed by atoms with Gasteiger partial charge in [0.05, 0.1) is 18.0 Å². The lowest BCUT2D eigenvalue weighted by molar-refractivity contribution is -0.118. The first kappa shape index (κ1) is 12.6. The van der Waals surface area contributed by atoms with Crippen LogP contribution in [0.4, 0.5) is 0 Å². The van der Waals surface area contributed by atoms with E-state index in [-0.39, 0.29) is 11.8 Å². The molecule has 1 amide bonds. The second-order valence-corrected chi connectivity index (χ2v) is 5.57. The molecule has 7 heteroatoms. The van der Waals surface area contributed by atoms with E-state index in [4.69, 9.17) is 11.6 Å². The maximum Gasteiger partial charge on any atom is 0.260 e. The zero-order valence-corrected chi connectivity index (χ0v) is 11.5. The van der Waals surface area contributed by atoms with Crippen LogP contribution < -0.4 is 5.32 Å². The second kappa shape index (κ2) is 5.30. The second-order valence-electron chi connectivity index (χ2n) is 4.17. The fraction of sp³-hybridized carbons (Fsp3) is 0.333. The molecular formula is C12H11ClN4OS. The van der Waals surface area contributed by atoms with Crippen LogP contribution in [0.1, 0.15) is 0 Å². The number of amides is 1. The van der Waals surface area contributed by atoms with Crippen molar-refractivity contribution in [3.05, 3.63) is 23.3 Å². The molecule has 1 aliphatic carbocycles. The van der Waals surface area contributed by atoms with Gasteiger partial charge in [0.15, 0.2) is 5.17 Å². The highest BCUT2D eigenvalue weighted by Crippen LogP contribution is 2.22. The number of hydrogen-bond acceptors (Lipinski definition) is 5. The van der Waals surface area contributed by atoms with Gasteiger partial charge in [0.25, 0.3) is 5.91 Å². The molecule has 0 aromatic carbocycles.